The first-order valence-corrected chi connectivity index (χ1v) is 7.82. The molecule has 2 heterocycles. The predicted octanol–water partition coefficient (Wildman–Crippen LogP) is -3.80. The molecule has 2 rings (SSSR count). The van der Waals surface area contributed by atoms with Crippen LogP contribution in [0.25, 0.3) is 0 Å². The molecule has 25 heavy (non-hydrogen) atoms. The number of hydrogen-bond acceptors (Lipinski definition) is 11. The second-order valence-electron chi connectivity index (χ2n) is 6.09. The molecule has 0 radical (unpaired) electrons. The molecule has 10 atom stereocenters. The minimum absolute atomic E-state index is 0.651. The van der Waals surface area contributed by atoms with Gasteiger partial charge in [-0.2, -0.15) is 0 Å². The normalized spacial score (nSPS) is 48.2. The molecule has 2 aliphatic rings. The zero-order valence-corrected chi connectivity index (χ0v) is 13.7. The van der Waals surface area contributed by atoms with E-state index < -0.39 is 74.0 Å². The molecule has 11 heteroatoms. The quantitative estimate of drug-likeness (QED) is 0.268. The lowest BCUT2D eigenvalue weighted by atomic mass is 9.97. The van der Waals surface area contributed by atoms with Crippen LogP contribution in [-0.2, 0) is 23.7 Å². The van der Waals surface area contributed by atoms with Crippen molar-refractivity contribution in [2.45, 2.75) is 75.3 Å². The molecule has 6 N–H and O–H groups in total. The fourth-order valence-electron chi connectivity index (χ4n) is 2.81. The van der Waals surface area contributed by atoms with Crippen LogP contribution in [0.4, 0.5) is 0 Å². The highest BCUT2D eigenvalue weighted by Crippen LogP contribution is 2.29. The Labute approximate surface area is 143 Å². The van der Waals surface area contributed by atoms with Crippen molar-refractivity contribution in [3.63, 3.8) is 0 Å². The molecule has 0 spiro atoms. The van der Waals surface area contributed by atoms with E-state index in [-0.39, 0.29) is 0 Å². The van der Waals surface area contributed by atoms with Crippen LogP contribution >= 0.6 is 0 Å². The van der Waals surface area contributed by atoms with Gasteiger partial charge in [0.2, 0.25) is 0 Å². The van der Waals surface area contributed by atoms with E-state index in [1.165, 1.54) is 6.92 Å². The number of esters is 1. The molecule has 0 aromatic carbocycles. The maximum Gasteiger partial charge on any atom is 0.303 e. The highest BCUT2D eigenvalue weighted by Gasteiger charge is 2.51. The zero-order chi connectivity index (χ0) is 18.9. The van der Waals surface area contributed by atoms with Crippen molar-refractivity contribution in [2.24, 2.45) is 0 Å². The Kier molecular flexibility index (Phi) is 6.70. The van der Waals surface area contributed by atoms with Gasteiger partial charge >= 0.3 is 5.97 Å². The molecule has 2 fully saturated rings. The van der Waals surface area contributed by atoms with E-state index in [4.69, 9.17) is 18.9 Å². The minimum Gasteiger partial charge on any atom is -0.454 e. The average Bonchev–Trinajstić information content (AvgIpc) is 2.55. The number of aliphatic hydroxyl groups excluding tert-OH is 6. The maximum absolute atomic E-state index is 11.2. The number of aliphatic hydroxyl groups is 6. The summed E-state index contributed by atoms with van der Waals surface area (Å²) >= 11 is 0. The predicted molar refractivity (Wildman–Crippen MR) is 76.8 cm³/mol. The SMILES string of the molecule is CC(=O)O[C@H]1[C@H](O[C@@H]2[C@@H](O)[C@H](O)O[C@H](CO)[C@H]2O)O[C@@H](C)[C@H](O)[C@H]1O. The van der Waals surface area contributed by atoms with Crippen molar-refractivity contribution in [3.8, 4) is 0 Å². The lowest BCUT2D eigenvalue weighted by Crippen LogP contribution is -2.64. The summed E-state index contributed by atoms with van der Waals surface area (Å²) in [5.41, 5.74) is 0. The Morgan fingerprint density at radius 3 is 2.16 bits per heavy atom. The van der Waals surface area contributed by atoms with Crippen molar-refractivity contribution in [3.05, 3.63) is 0 Å². The van der Waals surface area contributed by atoms with Gasteiger partial charge in [-0.25, -0.2) is 0 Å². The molecule has 2 saturated heterocycles. The molecule has 0 aromatic heterocycles. The molecule has 0 bridgehead atoms. The second kappa shape index (κ2) is 8.20. The molecule has 0 aliphatic carbocycles. The summed E-state index contributed by atoms with van der Waals surface area (Å²) in [5, 5.41) is 58.9. The maximum atomic E-state index is 11.2. The Bertz CT molecular complexity index is 460. The lowest BCUT2D eigenvalue weighted by Gasteiger charge is -2.45. The lowest BCUT2D eigenvalue weighted by molar-refractivity contribution is -0.353. The van der Waals surface area contributed by atoms with Crippen LogP contribution in [0, 0.1) is 0 Å². The standard InChI is InChI=1S/C14H24O11/c1-4-7(17)9(19)12(23-5(2)16)14(22-4)25-11-8(18)6(3-15)24-13(21)10(11)20/h4,6-15,17-21H,3H2,1-2H3/t4-,6+,7-,8+,9+,10+,11-,12+,13+,14-/m0/s1. The van der Waals surface area contributed by atoms with E-state index in [1.807, 2.05) is 0 Å². The van der Waals surface area contributed by atoms with Gasteiger partial charge in [0.05, 0.1) is 12.7 Å². The van der Waals surface area contributed by atoms with E-state index in [9.17, 15) is 35.4 Å². The van der Waals surface area contributed by atoms with Crippen LogP contribution in [0.3, 0.4) is 0 Å². The van der Waals surface area contributed by atoms with Gasteiger partial charge in [0.1, 0.15) is 36.6 Å². The van der Waals surface area contributed by atoms with E-state index >= 15 is 0 Å². The molecule has 0 amide bonds. The highest BCUT2D eigenvalue weighted by molar-refractivity contribution is 5.66. The first kappa shape index (κ1) is 20.4. The fraction of sp³-hybridized carbons (Fsp3) is 0.929. The second-order valence-corrected chi connectivity index (χ2v) is 6.09. The summed E-state index contributed by atoms with van der Waals surface area (Å²) < 4.78 is 20.6. The topological polar surface area (TPSA) is 175 Å². The zero-order valence-electron chi connectivity index (χ0n) is 13.7. The van der Waals surface area contributed by atoms with Crippen LogP contribution in [0.5, 0.6) is 0 Å². The average molecular weight is 368 g/mol. The largest absolute Gasteiger partial charge is 0.454 e. The van der Waals surface area contributed by atoms with Crippen molar-refractivity contribution >= 4 is 5.97 Å². The molecule has 146 valence electrons. The van der Waals surface area contributed by atoms with Crippen LogP contribution in [0.15, 0.2) is 0 Å². The van der Waals surface area contributed by atoms with Crippen molar-refractivity contribution < 1.29 is 54.4 Å². The third-order valence-corrected chi connectivity index (χ3v) is 4.22. The summed E-state index contributed by atoms with van der Waals surface area (Å²) in [4.78, 5) is 11.2. The number of carbonyl (C=O) groups is 1. The molecule has 2 aliphatic heterocycles. The summed E-state index contributed by atoms with van der Waals surface area (Å²) in [7, 11) is 0. The first-order valence-electron chi connectivity index (χ1n) is 7.82. The molecule has 11 nitrogen and oxygen atoms in total. The third kappa shape index (κ3) is 4.27. The van der Waals surface area contributed by atoms with Crippen molar-refractivity contribution in [2.75, 3.05) is 6.61 Å². The molecular formula is C14H24O11. The molecule has 0 aromatic rings. The van der Waals surface area contributed by atoms with Crippen LogP contribution in [0.1, 0.15) is 13.8 Å². The van der Waals surface area contributed by atoms with Gasteiger partial charge in [-0.05, 0) is 6.92 Å². The van der Waals surface area contributed by atoms with E-state index in [1.54, 1.807) is 0 Å². The minimum atomic E-state index is -1.74. The van der Waals surface area contributed by atoms with Crippen molar-refractivity contribution in [1.82, 2.24) is 0 Å². The van der Waals surface area contributed by atoms with Gasteiger partial charge in [0, 0.05) is 6.92 Å². The number of hydrogen-bond donors (Lipinski definition) is 6. The van der Waals surface area contributed by atoms with Crippen LogP contribution < -0.4 is 0 Å². The Hall–Kier alpha value is -0.890. The number of rotatable bonds is 4. The van der Waals surface area contributed by atoms with E-state index in [2.05, 4.69) is 0 Å². The fourth-order valence-corrected chi connectivity index (χ4v) is 2.81. The van der Waals surface area contributed by atoms with Crippen LogP contribution in [-0.4, -0.2) is 105 Å². The van der Waals surface area contributed by atoms with Gasteiger partial charge in [-0.3, -0.25) is 4.79 Å². The van der Waals surface area contributed by atoms with Gasteiger partial charge in [-0.1, -0.05) is 0 Å². The summed E-state index contributed by atoms with van der Waals surface area (Å²) in [6.07, 6.45) is -14.4. The number of ether oxygens (including phenoxy) is 4. The van der Waals surface area contributed by atoms with Gasteiger partial charge < -0.3 is 49.6 Å². The molecule has 0 saturated carbocycles. The van der Waals surface area contributed by atoms with Crippen molar-refractivity contribution in [1.29, 1.82) is 0 Å². The highest BCUT2D eigenvalue weighted by atomic mass is 16.7. The third-order valence-electron chi connectivity index (χ3n) is 4.22. The summed E-state index contributed by atoms with van der Waals surface area (Å²) in [5.74, 6) is -0.774. The Morgan fingerprint density at radius 1 is 0.960 bits per heavy atom. The Morgan fingerprint density at radius 2 is 1.60 bits per heavy atom. The van der Waals surface area contributed by atoms with Crippen LogP contribution in [0.2, 0.25) is 0 Å². The monoisotopic (exact) mass is 368 g/mol. The van der Waals surface area contributed by atoms with Gasteiger partial charge in [0.25, 0.3) is 0 Å². The van der Waals surface area contributed by atoms with Gasteiger partial charge in [0.15, 0.2) is 18.7 Å². The smallest absolute Gasteiger partial charge is 0.303 e. The van der Waals surface area contributed by atoms with E-state index in [0.29, 0.717) is 0 Å². The van der Waals surface area contributed by atoms with E-state index in [0.717, 1.165) is 6.92 Å². The number of carbonyl (C=O) groups excluding carboxylic acids is 1. The Balaban J connectivity index is 2.19. The summed E-state index contributed by atoms with van der Waals surface area (Å²) in [6, 6.07) is 0. The first-order chi connectivity index (χ1) is 11.7. The molecular weight excluding hydrogens is 344 g/mol. The molecule has 0 unspecified atom stereocenters. The summed E-state index contributed by atoms with van der Waals surface area (Å²) in [6.45, 7) is 1.87. The van der Waals surface area contributed by atoms with Gasteiger partial charge in [-0.15, -0.1) is 0 Å².